The number of nitro groups is 1. The molecule has 108 valence electrons. The highest BCUT2D eigenvalue weighted by atomic mass is 32.2. The van der Waals surface area contributed by atoms with Crippen molar-refractivity contribution < 1.29 is 9.72 Å². The summed E-state index contributed by atoms with van der Waals surface area (Å²) in [4.78, 5) is 21.7. The van der Waals surface area contributed by atoms with Gasteiger partial charge in [-0.15, -0.1) is 11.8 Å². The second kappa shape index (κ2) is 6.74. The Hall–Kier alpha value is -1.56. The molecule has 20 heavy (non-hydrogen) atoms. The third kappa shape index (κ3) is 3.72. The van der Waals surface area contributed by atoms with Crippen molar-refractivity contribution in [1.82, 2.24) is 0 Å². The van der Waals surface area contributed by atoms with E-state index in [1.165, 1.54) is 25.0 Å². The van der Waals surface area contributed by atoms with Crippen LogP contribution in [0, 0.1) is 16.0 Å². The predicted molar refractivity (Wildman–Crippen MR) is 79.3 cm³/mol. The normalized spacial score (nSPS) is 17.0. The van der Waals surface area contributed by atoms with Crippen LogP contribution in [-0.4, -0.2) is 16.1 Å². The van der Waals surface area contributed by atoms with Gasteiger partial charge in [0, 0.05) is 17.9 Å². The van der Waals surface area contributed by atoms with Crippen molar-refractivity contribution in [3.63, 3.8) is 0 Å². The summed E-state index contributed by atoms with van der Waals surface area (Å²) in [6, 6.07) is 6.45. The molecule has 5 nitrogen and oxygen atoms in total. The number of hydrogen-bond acceptors (Lipinski definition) is 4. The lowest BCUT2D eigenvalue weighted by Crippen LogP contribution is -2.31. The molecule has 0 spiro atoms. The van der Waals surface area contributed by atoms with E-state index >= 15 is 0 Å². The first kappa shape index (κ1) is 14.8. The highest BCUT2D eigenvalue weighted by molar-refractivity contribution is 7.99. The summed E-state index contributed by atoms with van der Waals surface area (Å²) >= 11 is 1.55. The molecule has 0 saturated heterocycles. The smallest absolute Gasteiger partial charge is 0.269 e. The Morgan fingerprint density at radius 3 is 2.45 bits per heavy atom. The molecule has 1 amide bonds. The van der Waals surface area contributed by atoms with Crippen LogP contribution in [0.2, 0.25) is 0 Å². The van der Waals surface area contributed by atoms with Crippen LogP contribution in [0.15, 0.2) is 24.3 Å². The van der Waals surface area contributed by atoms with E-state index in [-0.39, 0.29) is 16.8 Å². The summed E-state index contributed by atoms with van der Waals surface area (Å²) in [6.07, 6.45) is 4.49. The van der Waals surface area contributed by atoms with Crippen molar-refractivity contribution >= 4 is 23.4 Å². The Morgan fingerprint density at radius 1 is 1.35 bits per heavy atom. The third-order valence-electron chi connectivity index (χ3n) is 3.69. The number of thioether (sulfide) groups is 1. The largest absolute Gasteiger partial charge is 0.369 e. The average Bonchev–Trinajstić information content (AvgIpc) is 2.93. The van der Waals surface area contributed by atoms with E-state index in [0.29, 0.717) is 11.7 Å². The summed E-state index contributed by atoms with van der Waals surface area (Å²) in [5.41, 5.74) is 6.56. The quantitative estimate of drug-likeness (QED) is 0.645. The zero-order valence-corrected chi connectivity index (χ0v) is 12.0. The number of rotatable bonds is 6. The molecule has 6 heteroatoms. The zero-order valence-electron chi connectivity index (χ0n) is 11.2. The van der Waals surface area contributed by atoms with Crippen molar-refractivity contribution in [1.29, 1.82) is 0 Å². The lowest BCUT2D eigenvalue weighted by atomic mass is 10.0. The van der Waals surface area contributed by atoms with Crippen LogP contribution in [-0.2, 0) is 10.5 Å². The van der Waals surface area contributed by atoms with Crippen molar-refractivity contribution in [3.8, 4) is 0 Å². The van der Waals surface area contributed by atoms with Crippen LogP contribution >= 0.6 is 11.8 Å². The van der Waals surface area contributed by atoms with E-state index in [1.54, 1.807) is 23.9 Å². The summed E-state index contributed by atoms with van der Waals surface area (Å²) in [6.45, 7) is 0. The van der Waals surface area contributed by atoms with E-state index in [1.807, 2.05) is 0 Å². The lowest BCUT2D eigenvalue weighted by molar-refractivity contribution is -0.384. The number of non-ortho nitro benzene ring substituents is 1. The number of primary amides is 1. The molecule has 1 aliphatic carbocycles. The van der Waals surface area contributed by atoms with Crippen molar-refractivity contribution in [3.05, 3.63) is 39.9 Å². The molecule has 0 heterocycles. The van der Waals surface area contributed by atoms with Crippen LogP contribution < -0.4 is 5.73 Å². The summed E-state index contributed by atoms with van der Waals surface area (Å²) < 4.78 is 0. The molecule has 2 N–H and O–H groups in total. The van der Waals surface area contributed by atoms with Gasteiger partial charge in [0.2, 0.25) is 5.91 Å². The molecule has 0 bridgehead atoms. The molecule has 1 aliphatic rings. The molecule has 1 unspecified atom stereocenters. The fourth-order valence-electron chi connectivity index (χ4n) is 2.61. The molecule has 1 fully saturated rings. The first-order valence-electron chi connectivity index (χ1n) is 6.72. The topological polar surface area (TPSA) is 86.2 Å². The number of nitrogens with two attached hydrogens (primary N) is 1. The van der Waals surface area contributed by atoms with Crippen LogP contribution in [0.3, 0.4) is 0 Å². The Bertz CT molecular complexity index is 484. The first-order chi connectivity index (χ1) is 9.58. The van der Waals surface area contributed by atoms with Crippen LogP contribution in [0.25, 0.3) is 0 Å². The summed E-state index contributed by atoms with van der Waals surface area (Å²) in [7, 11) is 0. The van der Waals surface area contributed by atoms with Crippen molar-refractivity contribution in [2.24, 2.45) is 11.7 Å². The minimum Gasteiger partial charge on any atom is -0.369 e. The fraction of sp³-hybridized carbons (Fsp3) is 0.500. The molecule has 1 aromatic rings. The number of benzene rings is 1. The molecule has 2 rings (SSSR count). The number of carbonyl (C=O) groups excluding carboxylic acids is 1. The SMILES string of the molecule is NC(=O)C(SCc1ccc([N+](=O)[O-])cc1)C1CCCC1. The number of hydrogen-bond donors (Lipinski definition) is 1. The maximum absolute atomic E-state index is 11.6. The molecular weight excluding hydrogens is 276 g/mol. The molecule has 0 aromatic heterocycles. The van der Waals surface area contributed by atoms with Crippen molar-refractivity contribution in [2.45, 2.75) is 36.7 Å². The van der Waals surface area contributed by atoms with Gasteiger partial charge in [-0.05, 0) is 24.3 Å². The maximum atomic E-state index is 11.6. The van der Waals surface area contributed by atoms with E-state index < -0.39 is 4.92 Å². The van der Waals surface area contributed by atoms with Gasteiger partial charge in [-0.3, -0.25) is 14.9 Å². The van der Waals surface area contributed by atoms with E-state index in [9.17, 15) is 14.9 Å². The zero-order chi connectivity index (χ0) is 14.5. The van der Waals surface area contributed by atoms with E-state index in [2.05, 4.69) is 0 Å². The standard InChI is InChI=1S/C14H18N2O3S/c15-14(17)13(11-3-1-2-4-11)20-9-10-5-7-12(8-6-10)16(18)19/h5-8,11,13H,1-4,9H2,(H2,15,17). The van der Waals surface area contributed by atoms with Gasteiger partial charge in [0.15, 0.2) is 0 Å². The monoisotopic (exact) mass is 294 g/mol. The lowest BCUT2D eigenvalue weighted by Gasteiger charge is -2.19. The highest BCUT2D eigenvalue weighted by Crippen LogP contribution is 2.35. The molecule has 0 radical (unpaired) electrons. The summed E-state index contributed by atoms with van der Waals surface area (Å²) in [5, 5.41) is 10.4. The van der Waals surface area contributed by atoms with Gasteiger partial charge in [-0.1, -0.05) is 25.0 Å². The Morgan fingerprint density at radius 2 is 1.95 bits per heavy atom. The number of carbonyl (C=O) groups is 1. The second-order valence-corrected chi connectivity index (χ2v) is 6.23. The average molecular weight is 294 g/mol. The number of amides is 1. The molecule has 1 aromatic carbocycles. The Labute approximate surface area is 122 Å². The van der Waals surface area contributed by atoms with E-state index in [4.69, 9.17) is 5.73 Å². The van der Waals surface area contributed by atoms with Gasteiger partial charge in [0.05, 0.1) is 10.2 Å². The Balaban J connectivity index is 1.94. The molecular formula is C14H18N2O3S. The Kier molecular flexibility index (Phi) is 5.00. The first-order valence-corrected chi connectivity index (χ1v) is 7.77. The second-order valence-electron chi connectivity index (χ2n) is 5.10. The van der Waals surface area contributed by atoms with Crippen LogP contribution in [0.1, 0.15) is 31.2 Å². The van der Waals surface area contributed by atoms with Crippen LogP contribution in [0.5, 0.6) is 0 Å². The van der Waals surface area contributed by atoms with Gasteiger partial charge < -0.3 is 5.73 Å². The minimum absolute atomic E-state index is 0.0843. The van der Waals surface area contributed by atoms with Gasteiger partial charge in [-0.25, -0.2) is 0 Å². The van der Waals surface area contributed by atoms with Gasteiger partial charge in [0.1, 0.15) is 0 Å². The van der Waals surface area contributed by atoms with Crippen LogP contribution in [0.4, 0.5) is 5.69 Å². The van der Waals surface area contributed by atoms with Gasteiger partial charge >= 0.3 is 0 Å². The van der Waals surface area contributed by atoms with Gasteiger partial charge in [-0.2, -0.15) is 0 Å². The minimum atomic E-state index is -0.415. The highest BCUT2D eigenvalue weighted by Gasteiger charge is 2.29. The summed E-state index contributed by atoms with van der Waals surface area (Å²) in [5.74, 6) is 0.793. The number of nitrogens with zero attached hydrogens (tertiary/aromatic N) is 1. The molecule has 1 saturated carbocycles. The number of nitro benzene ring substituents is 1. The molecule has 0 aliphatic heterocycles. The maximum Gasteiger partial charge on any atom is 0.269 e. The predicted octanol–water partition coefficient (Wildman–Crippen LogP) is 2.87. The molecule has 1 atom stereocenters. The fourth-order valence-corrected chi connectivity index (χ4v) is 3.88. The van der Waals surface area contributed by atoms with Gasteiger partial charge in [0.25, 0.3) is 5.69 Å². The van der Waals surface area contributed by atoms with E-state index in [0.717, 1.165) is 18.4 Å². The van der Waals surface area contributed by atoms with Crippen molar-refractivity contribution in [2.75, 3.05) is 0 Å². The third-order valence-corrected chi connectivity index (χ3v) is 5.16.